The Hall–Kier alpha value is -3.39. The second-order valence-electron chi connectivity index (χ2n) is 10.2. The van der Waals surface area contributed by atoms with E-state index in [-0.39, 0.29) is 12.5 Å². The second kappa shape index (κ2) is 10.7. The third-order valence-corrected chi connectivity index (χ3v) is 6.98. The van der Waals surface area contributed by atoms with Crippen LogP contribution in [0.3, 0.4) is 0 Å². The zero-order valence-electron chi connectivity index (χ0n) is 21.8. The van der Waals surface area contributed by atoms with Gasteiger partial charge in [0.05, 0.1) is 11.9 Å². The summed E-state index contributed by atoms with van der Waals surface area (Å²) in [6.45, 7) is 8.99. The minimum Gasteiger partial charge on any atom is -0.350 e. The molecule has 0 heterocycles. The summed E-state index contributed by atoms with van der Waals surface area (Å²) >= 11 is 0. The lowest BCUT2D eigenvalue weighted by Crippen LogP contribution is -2.54. The van der Waals surface area contributed by atoms with Crippen LogP contribution < -0.4 is 9.62 Å². The van der Waals surface area contributed by atoms with Crippen LogP contribution in [0.4, 0.5) is 5.69 Å². The van der Waals surface area contributed by atoms with Crippen molar-refractivity contribution in [3.8, 4) is 0 Å². The van der Waals surface area contributed by atoms with Crippen LogP contribution in [0, 0.1) is 6.92 Å². The van der Waals surface area contributed by atoms with Crippen LogP contribution in [-0.2, 0) is 26.2 Å². The number of nitrogens with one attached hydrogen (secondary N) is 1. The lowest BCUT2D eigenvalue weighted by molar-refractivity contribution is -0.140. The average molecular weight is 510 g/mol. The van der Waals surface area contributed by atoms with Crippen molar-refractivity contribution in [2.24, 2.45) is 0 Å². The highest BCUT2D eigenvalue weighted by Gasteiger charge is 2.31. The fourth-order valence-corrected chi connectivity index (χ4v) is 4.83. The largest absolute Gasteiger partial charge is 0.350 e. The van der Waals surface area contributed by atoms with Gasteiger partial charge in [0, 0.05) is 17.5 Å². The van der Waals surface area contributed by atoms with E-state index in [1.54, 1.807) is 19.1 Å². The van der Waals surface area contributed by atoms with Gasteiger partial charge in [0.2, 0.25) is 21.8 Å². The number of benzene rings is 3. The van der Waals surface area contributed by atoms with Gasteiger partial charge < -0.3 is 10.2 Å². The van der Waals surface area contributed by atoms with E-state index >= 15 is 0 Å². The van der Waals surface area contributed by atoms with Gasteiger partial charge in [-0.2, -0.15) is 0 Å². The molecule has 0 bridgehead atoms. The van der Waals surface area contributed by atoms with Gasteiger partial charge in [-0.05, 0) is 51.6 Å². The van der Waals surface area contributed by atoms with Crippen molar-refractivity contribution in [1.29, 1.82) is 0 Å². The van der Waals surface area contributed by atoms with Gasteiger partial charge in [-0.25, -0.2) is 8.42 Å². The first-order chi connectivity index (χ1) is 16.8. The molecular formula is C28H35N3O4S. The monoisotopic (exact) mass is 509 g/mol. The standard InChI is InChI=1S/C28H35N3O4S/c1-20-14-16-22(17-15-20)18-30(21(2)27(33)29-28(3,4)5)26(32)19-31(36(6,34)35)25-13-9-11-23-10-7-8-12-24(23)25/h7-17,21H,18-19H2,1-6H3,(H,29,33)/t21-/m1/s1. The predicted octanol–water partition coefficient (Wildman–Crippen LogP) is 4.25. The molecule has 0 saturated heterocycles. The molecule has 0 aliphatic rings. The fraction of sp³-hybridized carbons (Fsp3) is 0.357. The predicted molar refractivity (Wildman–Crippen MR) is 145 cm³/mol. The number of sulfonamides is 1. The number of hydrogen-bond donors (Lipinski definition) is 1. The van der Waals surface area contributed by atoms with Crippen LogP contribution in [0.1, 0.15) is 38.8 Å². The van der Waals surface area contributed by atoms with Crippen LogP contribution in [-0.4, -0.2) is 49.5 Å². The van der Waals surface area contributed by atoms with Crippen LogP contribution >= 0.6 is 0 Å². The summed E-state index contributed by atoms with van der Waals surface area (Å²) in [5, 5.41) is 4.51. The Labute approximate surface area is 214 Å². The number of carbonyl (C=O) groups excluding carboxylic acids is 2. The first-order valence-corrected chi connectivity index (χ1v) is 13.7. The fourth-order valence-electron chi connectivity index (χ4n) is 3.97. The summed E-state index contributed by atoms with van der Waals surface area (Å²) in [4.78, 5) is 28.2. The van der Waals surface area contributed by atoms with Crippen LogP contribution in [0.15, 0.2) is 66.7 Å². The summed E-state index contributed by atoms with van der Waals surface area (Å²) in [5.41, 5.74) is 1.87. The smallest absolute Gasteiger partial charge is 0.244 e. The molecule has 0 aromatic heterocycles. The zero-order chi connectivity index (χ0) is 26.7. The van der Waals surface area contributed by atoms with Crippen molar-refractivity contribution in [3.63, 3.8) is 0 Å². The van der Waals surface area contributed by atoms with Gasteiger partial charge >= 0.3 is 0 Å². The minimum atomic E-state index is -3.81. The molecule has 0 aliphatic heterocycles. The normalized spacial score (nSPS) is 12.7. The van der Waals surface area contributed by atoms with E-state index in [9.17, 15) is 18.0 Å². The molecule has 7 nitrogen and oxygen atoms in total. The highest BCUT2D eigenvalue weighted by molar-refractivity contribution is 7.92. The molecular weight excluding hydrogens is 474 g/mol. The number of rotatable bonds is 8. The zero-order valence-corrected chi connectivity index (χ0v) is 22.6. The topological polar surface area (TPSA) is 86.8 Å². The molecule has 0 saturated carbocycles. The summed E-state index contributed by atoms with van der Waals surface area (Å²) in [6.07, 6.45) is 1.09. The number of carbonyl (C=O) groups is 2. The van der Waals surface area contributed by atoms with Crippen LogP contribution in [0.5, 0.6) is 0 Å². The lowest BCUT2D eigenvalue weighted by atomic mass is 10.1. The highest BCUT2D eigenvalue weighted by atomic mass is 32.2. The molecule has 3 aromatic carbocycles. The van der Waals surface area contributed by atoms with Crippen molar-refractivity contribution in [3.05, 3.63) is 77.9 Å². The van der Waals surface area contributed by atoms with E-state index in [4.69, 9.17) is 0 Å². The Morgan fingerprint density at radius 3 is 2.17 bits per heavy atom. The maximum absolute atomic E-state index is 13.7. The van der Waals surface area contributed by atoms with Gasteiger partial charge in [0.25, 0.3) is 0 Å². The van der Waals surface area contributed by atoms with E-state index < -0.39 is 34.1 Å². The maximum atomic E-state index is 13.7. The van der Waals surface area contributed by atoms with Gasteiger partial charge in [0.1, 0.15) is 12.6 Å². The molecule has 0 radical (unpaired) electrons. The SMILES string of the molecule is Cc1ccc(CN(C(=O)CN(c2cccc3ccccc23)S(C)(=O)=O)[C@H](C)C(=O)NC(C)(C)C)cc1. The summed E-state index contributed by atoms with van der Waals surface area (Å²) in [7, 11) is -3.81. The van der Waals surface area contributed by atoms with Crippen molar-refractivity contribution in [2.75, 3.05) is 17.1 Å². The van der Waals surface area contributed by atoms with Crippen LogP contribution in [0.2, 0.25) is 0 Å². The molecule has 3 aromatic rings. The van der Waals surface area contributed by atoms with E-state index in [1.807, 2.05) is 82.3 Å². The summed E-state index contributed by atoms with van der Waals surface area (Å²) < 4.78 is 26.9. The maximum Gasteiger partial charge on any atom is 0.244 e. The molecule has 2 amide bonds. The molecule has 3 rings (SSSR count). The number of hydrogen-bond acceptors (Lipinski definition) is 4. The number of fused-ring (bicyclic) bond motifs is 1. The molecule has 8 heteroatoms. The molecule has 0 unspecified atom stereocenters. The Morgan fingerprint density at radius 2 is 1.56 bits per heavy atom. The van der Waals surface area contributed by atoms with Gasteiger partial charge in [-0.3, -0.25) is 13.9 Å². The van der Waals surface area contributed by atoms with E-state index in [2.05, 4.69) is 5.32 Å². The Balaban J connectivity index is 1.99. The lowest BCUT2D eigenvalue weighted by Gasteiger charge is -2.33. The average Bonchev–Trinajstić information content (AvgIpc) is 2.79. The molecule has 0 fully saturated rings. The summed E-state index contributed by atoms with van der Waals surface area (Å²) in [6, 6.07) is 19.7. The molecule has 36 heavy (non-hydrogen) atoms. The van der Waals surface area contributed by atoms with Crippen molar-refractivity contribution in [1.82, 2.24) is 10.2 Å². The molecule has 192 valence electrons. The summed E-state index contributed by atoms with van der Waals surface area (Å²) in [5.74, 6) is -0.774. The molecule has 0 aliphatic carbocycles. The van der Waals surface area contributed by atoms with E-state index in [0.717, 1.165) is 32.5 Å². The quantitative estimate of drug-likeness (QED) is 0.492. The van der Waals surface area contributed by atoms with Crippen molar-refractivity contribution >= 4 is 38.3 Å². The van der Waals surface area contributed by atoms with E-state index in [0.29, 0.717) is 5.69 Å². The second-order valence-corrected chi connectivity index (χ2v) is 12.1. The van der Waals surface area contributed by atoms with Gasteiger partial charge in [-0.15, -0.1) is 0 Å². The third kappa shape index (κ3) is 6.85. The third-order valence-electron chi connectivity index (χ3n) is 5.85. The van der Waals surface area contributed by atoms with Crippen molar-refractivity contribution < 1.29 is 18.0 Å². The molecule has 1 N–H and O–H groups in total. The Morgan fingerprint density at radius 1 is 0.944 bits per heavy atom. The number of nitrogens with zero attached hydrogens (tertiary/aromatic N) is 2. The van der Waals surface area contributed by atoms with Gasteiger partial charge in [0.15, 0.2) is 0 Å². The molecule has 0 spiro atoms. The van der Waals surface area contributed by atoms with Crippen LogP contribution in [0.25, 0.3) is 10.8 Å². The molecule has 1 atom stereocenters. The number of anilines is 1. The first-order valence-electron chi connectivity index (χ1n) is 11.9. The number of amides is 2. The highest BCUT2D eigenvalue weighted by Crippen LogP contribution is 2.28. The van der Waals surface area contributed by atoms with E-state index in [1.165, 1.54) is 4.90 Å². The number of aryl methyl sites for hydroxylation is 1. The van der Waals surface area contributed by atoms with Crippen molar-refractivity contribution in [2.45, 2.75) is 52.7 Å². The Bertz CT molecular complexity index is 1340. The first kappa shape index (κ1) is 27.2. The minimum absolute atomic E-state index is 0.172. The Kier molecular flexibility index (Phi) is 8.09. The van der Waals surface area contributed by atoms with Gasteiger partial charge in [-0.1, -0.05) is 66.2 Å².